The number of carbonyl (C=O) groups excluding carboxylic acids is 2. The average Bonchev–Trinajstić information content (AvgIpc) is 2.76. The van der Waals surface area contributed by atoms with E-state index < -0.39 is 67.1 Å². The summed E-state index contributed by atoms with van der Waals surface area (Å²) >= 11 is 0. The molecule has 166 valence electrons. The van der Waals surface area contributed by atoms with Crippen molar-refractivity contribution in [3.05, 3.63) is 79.9 Å². The number of hydrogen-bond acceptors (Lipinski definition) is 10. The molecule has 0 saturated carbocycles. The molecule has 0 spiro atoms. The molecule has 0 bridgehead atoms. The van der Waals surface area contributed by atoms with Crippen molar-refractivity contribution >= 4 is 34.9 Å². The number of hydrogen-bond donors (Lipinski definition) is 4. The lowest BCUT2D eigenvalue weighted by atomic mass is 9.73. The second-order valence-corrected chi connectivity index (χ2v) is 6.30. The van der Waals surface area contributed by atoms with Crippen LogP contribution in [0.2, 0.25) is 0 Å². The summed E-state index contributed by atoms with van der Waals surface area (Å²) < 4.78 is 0. The standard InChI is InChI=1S/C18H12N2O12/c21-13(9-1-5-11(6-2-9)19(29)30)17(27,15(23)24)18(28,16(25)26)14(22)10-3-7-12(8-4-10)20(31)32/h1-8,27-28H,(H,23,24)(H,25,26)/t17-,18-/m1/s1. The van der Waals surface area contributed by atoms with Crippen molar-refractivity contribution in [1.29, 1.82) is 0 Å². The highest BCUT2D eigenvalue weighted by Gasteiger charge is 2.69. The molecule has 2 rings (SSSR count). The van der Waals surface area contributed by atoms with Gasteiger partial charge in [-0.1, -0.05) is 0 Å². The number of non-ortho nitro benzene ring substituents is 2. The van der Waals surface area contributed by atoms with Gasteiger partial charge in [0.05, 0.1) is 9.85 Å². The summed E-state index contributed by atoms with van der Waals surface area (Å²) in [4.78, 5) is 68.8. The molecule has 0 aliphatic heterocycles. The van der Waals surface area contributed by atoms with Gasteiger partial charge in [0.15, 0.2) is 0 Å². The van der Waals surface area contributed by atoms with Gasteiger partial charge in [-0.05, 0) is 24.3 Å². The number of aliphatic carboxylic acids is 2. The van der Waals surface area contributed by atoms with E-state index in [1.807, 2.05) is 0 Å². The topological polar surface area (TPSA) is 235 Å². The number of carboxylic acid groups (broad SMARTS) is 2. The molecule has 0 radical (unpaired) electrons. The molecular weight excluding hydrogens is 436 g/mol. The first kappa shape index (κ1) is 23.7. The quantitative estimate of drug-likeness (QED) is 0.174. The van der Waals surface area contributed by atoms with Crippen LogP contribution in [0, 0.1) is 20.2 Å². The van der Waals surface area contributed by atoms with Crippen LogP contribution in [0.3, 0.4) is 0 Å². The van der Waals surface area contributed by atoms with Crippen LogP contribution in [0.5, 0.6) is 0 Å². The molecule has 14 nitrogen and oxygen atoms in total. The summed E-state index contributed by atoms with van der Waals surface area (Å²) in [6.45, 7) is 0. The molecule has 0 aromatic heterocycles. The Morgan fingerprint density at radius 1 is 0.625 bits per heavy atom. The first-order valence-corrected chi connectivity index (χ1v) is 8.28. The van der Waals surface area contributed by atoms with Crippen LogP contribution in [0.25, 0.3) is 0 Å². The lowest BCUT2D eigenvalue weighted by Crippen LogP contribution is -2.71. The first-order valence-electron chi connectivity index (χ1n) is 8.28. The third-order valence-corrected chi connectivity index (χ3v) is 4.48. The highest BCUT2D eigenvalue weighted by atomic mass is 16.6. The molecule has 0 unspecified atom stereocenters. The number of carbonyl (C=O) groups is 4. The molecule has 2 atom stereocenters. The number of aliphatic hydroxyl groups is 2. The van der Waals surface area contributed by atoms with Gasteiger partial charge in [0.2, 0.25) is 11.6 Å². The van der Waals surface area contributed by atoms with Gasteiger partial charge in [0.1, 0.15) is 0 Å². The molecule has 4 N–H and O–H groups in total. The van der Waals surface area contributed by atoms with Crippen molar-refractivity contribution in [2.24, 2.45) is 0 Å². The van der Waals surface area contributed by atoms with Gasteiger partial charge < -0.3 is 20.4 Å². The lowest BCUT2D eigenvalue weighted by Gasteiger charge is -2.34. The van der Waals surface area contributed by atoms with Gasteiger partial charge >= 0.3 is 11.9 Å². The minimum Gasteiger partial charge on any atom is -0.479 e. The minimum absolute atomic E-state index is 0.532. The van der Waals surface area contributed by atoms with Crippen LogP contribution in [0.4, 0.5) is 11.4 Å². The Hall–Kier alpha value is -4.56. The molecule has 0 aliphatic rings. The fourth-order valence-corrected chi connectivity index (χ4v) is 2.72. The Labute approximate surface area is 176 Å². The Morgan fingerprint density at radius 3 is 1.06 bits per heavy atom. The zero-order valence-electron chi connectivity index (χ0n) is 15.6. The largest absolute Gasteiger partial charge is 0.479 e. The number of ketones is 2. The van der Waals surface area contributed by atoms with Gasteiger partial charge in [0.25, 0.3) is 22.6 Å². The summed E-state index contributed by atoms with van der Waals surface area (Å²) in [5, 5.41) is 61.6. The summed E-state index contributed by atoms with van der Waals surface area (Å²) in [6.07, 6.45) is 0. The van der Waals surface area contributed by atoms with E-state index in [-0.39, 0.29) is 0 Å². The van der Waals surface area contributed by atoms with Crippen molar-refractivity contribution in [3.63, 3.8) is 0 Å². The van der Waals surface area contributed by atoms with Crippen LogP contribution in [-0.4, -0.2) is 65.0 Å². The maximum atomic E-state index is 12.8. The number of nitrogens with zero attached hydrogens (tertiary/aromatic N) is 2. The predicted molar refractivity (Wildman–Crippen MR) is 100 cm³/mol. The third kappa shape index (κ3) is 3.66. The average molecular weight is 448 g/mol. The summed E-state index contributed by atoms with van der Waals surface area (Å²) in [6, 6.07) is 5.72. The van der Waals surface area contributed by atoms with E-state index in [1.165, 1.54) is 0 Å². The normalized spacial score (nSPS) is 14.4. The predicted octanol–water partition coefficient (Wildman–Crippen LogP) is 0.200. The van der Waals surface area contributed by atoms with E-state index in [9.17, 15) is 59.8 Å². The van der Waals surface area contributed by atoms with Crippen LogP contribution in [0.15, 0.2) is 48.5 Å². The first-order chi connectivity index (χ1) is 14.8. The molecule has 0 fully saturated rings. The van der Waals surface area contributed by atoms with Gasteiger partial charge in [0, 0.05) is 35.4 Å². The number of nitro benzene ring substituents is 2. The Kier molecular flexibility index (Phi) is 6.14. The second-order valence-electron chi connectivity index (χ2n) is 6.30. The van der Waals surface area contributed by atoms with Crippen molar-refractivity contribution < 1.29 is 49.5 Å². The number of Topliss-reactive ketones (excluding diaryl/α,β-unsaturated/α-hetero) is 2. The van der Waals surface area contributed by atoms with E-state index in [4.69, 9.17) is 0 Å². The number of carboxylic acids is 2. The molecule has 0 saturated heterocycles. The van der Waals surface area contributed by atoms with Crippen LogP contribution >= 0.6 is 0 Å². The number of benzene rings is 2. The van der Waals surface area contributed by atoms with Gasteiger partial charge in [-0.25, -0.2) is 9.59 Å². The maximum Gasteiger partial charge on any atom is 0.348 e. The van der Waals surface area contributed by atoms with Crippen LogP contribution in [0.1, 0.15) is 20.7 Å². The molecule has 2 aromatic rings. The van der Waals surface area contributed by atoms with Crippen LogP contribution in [-0.2, 0) is 9.59 Å². The molecule has 0 heterocycles. The van der Waals surface area contributed by atoms with Crippen molar-refractivity contribution in [2.75, 3.05) is 0 Å². The van der Waals surface area contributed by atoms with Gasteiger partial charge in [-0.3, -0.25) is 29.8 Å². The van der Waals surface area contributed by atoms with E-state index in [0.29, 0.717) is 24.3 Å². The highest BCUT2D eigenvalue weighted by Crippen LogP contribution is 2.32. The molecular formula is C18H12N2O12. The van der Waals surface area contributed by atoms with E-state index in [1.54, 1.807) is 0 Å². The van der Waals surface area contributed by atoms with Crippen molar-refractivity contribution in [2.45, 2.75) is 11.2 Å². The summed E-state index contributed by atoms with van der Waals surface area (Å²) in [5.74, 6) is -9.14. The summed E-state index contributed by atoms with van der Waals surface area (Å²) in [7, 11) is 0. The summed E-state index contributed by atoms with van der Waals surface area (Å²) in [5.41, 5.74) is -11.2. The Balaban J connectivity index is 2.65. The monoisotopic (exact) mass is 448 g/mol. The van der Waals surface area contributed by atoms with Gasteiger partial charge in [-0.2, -0.15) is 0 Å². The van der Waals surface area contributed by atoms with Crippen molar-refractivity contribution in [3.8, 4) is 0 Å². The van der Waals surface area contributed by atoms with Crippen LogP contribution < -0.4 is 0 Å². The molecule has 2 aromatic carbocycles. The maximum absolute atomic E-state index is 12.8. The smallest absolute Gasteiger partial charge is 0.348 e. The van der Waals surface area contributed by atoms with Gasteiger partial charge in [-0.15, -0.1) is 0 Å². The molecule has 0 amide bonds. The zero-order chi connectivity index (χ0) is 24.4. The Morgan fingerprint density at radius 2 is 0.875 bits per heavy atom. The highest BCUT2D eigenvalue weighted by molar-refractivity contribution is 6.28. The third-order valence-electron chi connectivity index (χ3n) is 4.48. The number of nitro groups is 2. The SMILES string of the molecule is O=C(O)[C@](O)(C(=O)c1ccc([N+](=O)[O-])cc1)[C@](O)(C(=O)O)C(=O)c1ccc([N+](=O)[O-])cc1. The molecule has 32 heavy (non-hydrogen) atoms. The molecule has 14 heteroatoms. The van der Waals surface area contributed by atoms with E-state index in [0.717, 1.165) is 24.3 Å². The number of rotatable bonds is 9. The fourth-order valence-electron chi connectivity index (χ4n) is 2.72. The van der Waals surface area contributed by atoms with Crippen molar-refractivity contribution in [1.82, 2.24) is 0 Å². The zero-order valence-corrected chi connectivity index (χ0v) is 15.6. The fraction of sp³-hybridized carbons (Fsp3) is 0.111. The lowest BCUT2D eigenvalue weighted by molar-refractivity contribution is -0.385. The Bertz CT molecular complexity index is 1050. The van der Waals surface area contributed by atoms with E-state index in [2.05, 4.69) is 0 Å². The van der Waals surface area contributed by atoms with E-state index >= 15 is 0 Å². The minimum atomic E-state index is -4.28. The molecule has 0 aliphatic carbocycles. The second kappa shape index (κ2) is 8.29.